The maximum absolute atomic E-state index is 13.5. The van der Waals surface area contributed by atoms with Crippen LogP contribution in [0.5, 0.6) is 5.75 Å². The normalized spacial score (nSPS) is 10.1. The van der Waals surface area contributed by atoms with E-state index in [1.807, 2.05) is 0 Å². The number of methoxy groups -OCH3 is 1. The molecule has 0 amide bonds. The highest BCUT2D eigenvalue weighted by Gasteiger charge is 2.11. The van der Waals surface area contributed by atoms with E-state index in [1.54, 1.807) is 18.2 Å². The Morgan fingerprint density at radius 1 is 1.30 bits per heavy atom. The second kappa shape index (κ2) is 6.01. The number of ether oxygens (including phenoxy) is 1. The van der Waals surface area contributed by atoms with Gasteiger partial charge in [0.1, 0.15) is 11.6 Å². The molecule has 0 radical (unpaired) electrons. The average Bonchev–Trinajstić information content (AvgIpc) is 2.46. The quantitative estimate of drug-likeness (QED) is 0.671. The third-order valence-electron chi connectivity index (χ3n) is 2.82. The van der Waals surface area contributed by atoms with Crippen molar-refractivity contribution in [3.05, 3.63) is 64.0 Å². The van der Waals surface area contributed by atoms with Crippen LogP contribution in [0.1, 0.15) is 5.56 Å². The zero-order valence-electron chi connectivity index (χ0n) is 10.8. The average molecular weight is 276 g/mol. The van der Waals surface area contributed by atoms with E-state index in [1.165, 1.54) is 31.4 Å². The first-order valence-electron chi connectivity index (χ1n) is 5.91. The summed E-state index contributed by atoms with van der Waals surface area (Å²) in [5.41, 5.74) is 0.891. The number of para-hydroxylation sites is 1. The van der Waals surface area contributed by atoms with Gasteiger partial charge in [0.2, 0.25) is 0 Å². The standard InChI is InChI=1S/C14H13FN2O3/c1-20-14-7-6-11(17(18)19)8-10(14)9-16-13-5-3-2-4-12(13)15/h2-8,16H,9H2,1H3. The minimum atomic E-state index is -0.480. The molecule has 2 aromatic rings. The summed E-state index contributed by atoms with van der Waals surface area (Å²) in [6.45, 7) is 0.228. The summed E-state index contributed by atoms with van der Waals surface area (Å²) in [4.78, 5) is 10.3. The van der Waals surface area contributed by atoms with Crippen molar-refractivity contribution in [3.8, 4) is 5.75 Å². The molecule has 104 valence electrons. The summed E-state index contributed by atoms with van der Waals surface area (Å²) in [7, 11) is 1.48. The molecule has 0 aliphatic rings. The molecule has 0 aliphatic carbocycles. The van der Waals surface area contributed by atoms with Crippen molar-refractivity contribution in [1.29, 1.82) is 0 Å². The topological polar surface area (TPSA) is 64.4 Å². The molecule has 2 aromatic carbocycles. The zero-order valence-corrected chi connectivity index (χ0v) is 10.8. The molecular formula is C14H13FN2O3. The fourth-order valence-corrected chi connectivity index (χ4v) is 1.81. The number of hydrogen-bond acceptors (Lipinski definition) is 4. The van der Waals surface area contributed by atoms with Crippen molar-refractivity contribution in [2.24, 2.45) is 0 Å². The van der Waals surface area contributed by atoms with E-state index in [-0.39, 0.29) is 18.0 Å². The Hall–Kier alpha value is -2.63. The molecule has 0 fully saturated rings. The third kappa shape index (κ3) is 3.03. The number of benzene rings is 2. The van der Waals surface area contributed by atoms with Gasteiger partial charge in [-0.25, -0.2) is 4.39 Å². The minimum Gasteiger partial charge on any atom is -0.496 e. The monoisotopic (exact) mass is 276 g/mol. The van der Waals surface area contributed by atoms with Crippen LogP contribution in [-0.4, -0.2) is 12.0 Å². The summed E-state index contributed by atoms with van der Waals surface area (Å²) in [6.07, 6.45) is 0. The number of halogens is 1. The van der Waals surface area contributed by atoms with Crippen LogP contribution in [0, 0.1) is 15.9 Å². The number of nitrogens with zero attached hydrogens (tertiary/aromatic N) is 1. The molecular weight excluding hydrogens is 263 g/mol. The lowest BCUT2D eigenvalue weighted by Gasteiger charge is -2.11. The highest BCUT2D eigenvalue weighted by molar-refractivity contribution is 5.49. The number of anilines is 1. The molecule has 0 saturated carbocycles. The van der Waals surface area contributed by atoms with Crippen LogP contribution >= 0.6 is 0 Å². The van der Waals surface area contributed by atoms with Crippen molar-refractivity contribution >= 4 is 11.4 Å². The molecule has 0 heterocycles. The number of nitro benzene ring substituents is 1. The molecule has 6 heteroatoms. The van der Waals surface area contributed by atoms with Gasteiger partial charge in [0, 0.05) is 24.2 Å². The minimum absolute atomic E-state index is 0.0314. The molecule has 0 unspecified atom stereocenters. The van der Waals surface area contributed by atoms with E-state index in [0.29, 0.717) is 17.0 Å². The van der Waals surface area contributed by atoms with Crippen molar-refractivity contribution < 1.29 is 14.1 Å². The van der Waals surface area contributed by atoms with E-state index in [2.05, 4.69) is 5.32 Å². The molecule has 0 aromatic heterocycles. The summed E-state index contributed by atoms with van der Waals surface area (Å²) in [5.74, 6) is 0.135. The first-order chi connectivity index (χ1) is 9.61. The summed E-state index contributed by atoms with van der Waals surface area (Å²) in [6, 6.07) is 10.5. The van der Waals surface area contributed by atoms with Gasteiger partial charge >= 0.3 is 0 Å². The van der Waals surface area contributed by atoms with Crippen LogP contribution in [0.15, 0.2) is 42.5 Å². The molecule has 0 atom stereocenters. The molecule has 20 heavy (non-hydrogen) atoms. The predicted molar refractivity (Wildman–Crippen MR) is 73.4 cm³/mol. The van der Waals surface area contributed by atoms with Gasteiger partial charge in [-0.05, 0) is 18.2 Å². The van der Waals surface area contributed by atoms with Crippen LogP contribution in [0.2, 0.25) is 0 Å². The maximum atomic E-state index is 13.5. The second-order valence-electron chi connectivity index (χ2n) is 4.09. The maximum Gasteiger partial charge on any atom is 0.270 e. The number of non-ortho nitro benzene ring substituents is 1. The molecule has 5 nitrogen and oxygen atoms in total. The number of nitro groups is 1. The zero-order chi connectivity index (χ0) is 14.5. The van der Waals surface area contributed by atoms with Crippen LogP contribution < -0.4 is 10.1 Å². The molecule has 2 rings (SSSR count). The Morgan fingerprint density at radius 2 is 2.05 bits per heavy atom. The van der Waals surface area contributed by atoms with Crippen molar-refractivity contribution in [2.45, 2.75) is 6.54 Å². The van der Waals surface area contributed by atoms with Gasteiger partial charge < -0.3 is 10.1 Å². The highest BCUT2D eigenvalue weighted by atomic mass is 19.1. The van der Waals surface area contributed by atoms with Gasteiger partial charge in [0.05, 0.1) is 17.7 Å². The summed E-state index contributed by atoms with van der Waals surface area (Å²) < 4.78 is 18.6. The van der Waals surface area contributed by atoms with E-state index in [9.17, 15) is 14.5 Å². The second-order valence-corrected chi connectivity index (χ2v) is 4.09. The van der Waals surface area contributed by atoms with Gasteiger partial charge in [-0.2, -0.15) is 0 Å². The van der Waals surface area contributed by atoms with E-state index < -0.39 is 4.92 Å². The lowest BCUT2D eigenvalue weighted by atomic mass is 10.1. The van der Waals surface area contributed by atoms with Crippen LogP contribution in [0.4, 0.5) is 15.8 Å². The molecule has 0 aliphatic heterocycles. The number of hydrogen-bond donors (Lipinski definition) is 1. The van der Waals surface area contributed by atoms with Crippen LogP contribution in [-0.2, 0) is 6.54 Å². The predicted octanol–water partition coefficient (Wildman–Crippen LogP) is 3.35. The number of nitrogens with one attached hydrogen (secondary N) is 1. The van der Waals surface area contributed by atoms with Crippen molar-refractivity contribution in [3.63, 3.8) is 0 Å². The van der Waals surface area contributed by atoms with Crippen LogP contribution in [0.25, 0.3) is 0 Å². The van der Waals surface area contributed by atoms with Gasteiger partial charge in [-0.15, -0.1) is 0 Å². The first kappa shape index (κ1) is 13.8. The molecule has 1 N–H and O–H groups in total. The smallest absolute Gasteiger partial charge is 0.270 e. The first-order valence-corrected chi connectivity index (χ1v) is 5.91. The van der Waals surface area contributed by atoms with Crippen molar-refractivity contribution in [2.75, 3.05) is 12.4 Å². The Kier molecular flexibility index (Phi) is 4.14. The lowest BCUT2D eigenvalue weighted by Crippen LogP contribution is -2.04. The van der Waals surface area contributed by atoms with Gasteiger partial charge in [-0.1, -0.05) is 12.1 Å². The Morgan fingerprint density at radius 3 is 2.70 bits per heavy atom. The van der Waals surface area contributed by atoms with Gasteiger partial charge in [0.15, 0.2) is 0 Å². The van der Waals surface area contributed by atoms with E-state index in [4.69, 9.17) is 4.74 Å². The van der Waals surface area contributed by atoms with Crippen LogP contribution in [0.3, 0.4) is 0 Å². The molecule has 0 saturated heterocycles. The largest absolute Gasteiger partial charge is 0.496 e. The lowest BCUT2D eigenvalue weighted by molar-refractivity contribution is -0.384. The Balaban J connectivity index is 2.22. The number of rotatable bonds is 5. The van der Waals surface area contributed by atoms with Gasteiger partial charge in [-0.3, -0.25) is 10.1 Å². The third-order valence-corrected chi connectivity index (χ3v) is 2.82. The van der Waals surface area contributed by atoms with E-state index in [0.717, 1.165) is 0 Å². The Labute approximate surface area is 115 Å². The summed E-state index contributed by atoms with van der Waals surface area (Å²) in [5, 5.41) is 13.7. The van der Waals surface area contributed by atoms with E-state index >= 15 is 0 Å². The summed E-state index contributed by atoms with van der Waals surface area (Å²) >= 11 is 0. The Bertz CT molecular complexity index is 632. The fourth-order valence-electron chi connectivity index (χ4n) is 1.81. The molecule has 0 spiro atoms. The SMILES string of the molecule is COc1ccc([N+](=O)[O-])cc1CNc1ccccc1F. The fraction of sp³-hybridized carbons (Fsp3) is 0.143. The van der Waals surface area contributed by atoms with Gasteiger partial charge in [0.25, 0.3) is 5.69 Å². The molecule has 0 bridgehead atoms. The highest BCUT2D eigenvalue weighted by Crippen LogP contribution is 2.25. The van der Waals surface area contributed by atoms with Crippen molar-refractivity contribution in [1.82, 2.24) is 0 Å².